The van der Waals surface area contributed by atoms with Gasteiger partial charge >= 0.3 is 5.97 Å². The van der Waals surface area contributed by atoms with Crippen LogP contribution in [-0.4, -0.2) is 31.3 Å². The van der Waals surface area contributed by atoms with Crippen molar-refractivity contribution in [1.29, 1.82) is 0 Å². The minimum absolute atomic E-state index is 0.0201. The third-order valence-electron chi connectivity index (χ3n) is 2.95. The topological polar surface area (TPSA) is 67.8 Å². The Balaban J connectivity index is 2.88. The van der Waals surface area contributed by atoms with Crippen molar-refractivity contribution >= 4 is 28.6 Å². The molecule has 2 N–H and O–H groups in total. The lowest BCUT2D eigenvalue weighted by molar-refractivity contribution is -0.140. The van der Waals surface area contributed by atoms with Crippen molar-refractivity contribution in [1.82, 2.24) is 5.32 Å². The summed E-state index contributed by atoms with van der Waals surface area (Å²) < 4.78 is 11.5. The van der Waals surface area contributed by atoms with E-state index in [2.05, 4.69) is 27.9 Å². The zero-order chi connectivity index (χ0) is 15.3. The van der Waals surface area contributed by atoms with E-state index in [9.17, 15) is 4.79 Å². The molecule has 0 aromatic heterocycles. The first kappa shape index (κ1) is 17.0. The Morgan fingerprint density at radius 1 is 1.35 bits per heavy atom. The van der Waals surface area contributed by atoms with Crippen molar-refractivity contribution in [3.8, 4) is 11.5 Å². The van der Waals surface area contributed by atoms with Gasteiger partial charge in [0.25, 0.3) is 0 Å². The molecule has 1 aromatic carbocycles. The number of ether oxygens (including phenoxy) is 2. The van der Waals surface area contributed by atoms with E-state index in [0.717, 1.165) is 9.13 Å². The number of hydrogen-bond acceptors (Lipinski definition) is 4. The number of aliphatic carboxylic acids is 1. The third kappa shape index (κ3) is 4.24. The van der Waals surface area contributed by atoms with Gasteiger partial charge in [-0.15, -0.1) is 0 Å². The Hall–Kier alpha value is -1.02. The highest BCUT2D eigenvalue weighted by atomic mass is 127. The van der Waals surface area contributed by atoms with E-state index in [1.807, 2.05) is 26.0 Å². The molecular weight excluding hydrogens is 373 g/mol. The number of benzene rings is 1. The fourth-order valence-corrected chi connectivity index (χ4v) is 2.80. The summed E-state index contributed by atoms with van der Waals surface area (Å²) in [5.74, 6) is 0.519. The molecule has 0 unspecified atom stereocenters. The van der Waals surface area contributed by atoms with Crippen molar-refractivity contribution in [2.24, 2.45) is 5.92 Å². The van der Waals surface area contributed by atoms with Crippen LogP contribution in [0.3, 0.4) is 0 Å². The SMILES string of the molecule is COc1cc(CN[C@H](C(=O)O)C(C)C)cc(I)c1OC. The summed E-state index contributed by atoms with van der Waals surface area (Å²) >= 11 is 2.17. The van der Waals surface area contributed by atoms with Gasteiger partial charge in [0.2, 0.25) is 0 Å². The lowest BCUT2D eigenvalue weighted by Crippen LogP contribution is -2.40. The fourth-order valence-electron chi connectivity index (χ4n) is 1.91. The molecule has 112 valence electrons. The van der Waals surface area contributed by atoms with E-state index in [1.54, 1.807) is 14.2 Å². The van der Waals surface area contributed by atoms with Gasteiger partial charge in [0.15, 0.2) is 11.5 Å². The molecule has 0 aliphatic rings. The van der Waals surface area contributed by atoms with Crippen LogP contribution in [-0.2, 0) is 11.3 Å². The van der Waals surface area contributed by atoms with E-state index in [1.165, 1.54) is 0 Å². The van der Waals surface area contributed by atoms with Gasteiger partial charge in [-0.2, -0.15) is 0 Å². The van der Waals surface area contributed by atoms with Gasteiger partial charge in [-0.25, -0.2) is 0 Å². The summed E-state index contributed by atoms with van der Waals surface area (Å²) in [6.45, 7) is 4.22. The van der Waals surface area contributed by atoms with Crippen LogP contribution in [0, 0.1) is 9.49 Å². The normalized spacial score (nSPS) is 12.3. The number of rotatable bonds is 7. The van der Waals surface area contributed by atoms with Gasteiger partial charge in [-0.3, -0.25) is 4.79 Å². The van der Waals surface area contributed by atoms with Crippen molar-refractivity contribution in [3.63, 3.8) is 0 Å². The Kier molecular flexibility index (Phi) is 6.54. The summed E-state index contributed by atoms with van der Waals surface area (Å²) in [5.41, 5.74) is 0.957. The molecule has 0 aliphatic heterocycles. The highest BCUT2D eigenvalue weighted by Gasteiger charge is 2.21. The summed E-state index contributed by atoms with van der Waals surface area (Å²) in [4.78, 5) is 11.1. The Morgan fingerprint density at radius 2 is 2.00 bits per heavy atom. The van der Waals surface area contributed by atoms with Crippen LogP contribution in [0.4, 0.5) is 0 Å². The largest absolute Gasteiger partial charge is 0.493 e. The maximum Gasteiger partial charge on any atom is 0.320 e. The lowest BCUT2D eigenvalue weighted by Gasteiger charge is -2.19. The molecule has 1 atom stereocenters. The van der Waals surface area contributed by atoms with Crippen molar-refractivity contribution < 1.29 is 19.4 Å². The molecular formula is C14H20INO4. The first-order valence-corrected chi connectivity index (χ1v) is 7.35. The molecule has 0 fully saturated rings. The van der Waals surface area contributed by atoms with Gasteiger partial charge in [0.05, 0.1) is 17.8 Å². The number of carboxylic acid groups (broad SMARTS) is 1. The Labute approximate surface area is 132 Å². The number of halogens is 1. The standard InChI is InChI=1S/C14H20INO4/c1-8(2)12(14(17)18)16-7-9-5-10(15)13(20-4)11(6-9)19-3/h5-6,8,12,16H,7H2,1-4H3,(H,17,18)/t12-/m0/s1. The highest BCUT2D eigenvalue weighted by Crippen LogP contribution is 2.33. The van der Waals surface area contributed by atoms with Crippen LogP contribution in [0.15, 0.2) is 12.1 Å². The maximum atomic E-state index is 11.1. The third-order valence-corrected chi connectivity index (χ3v) is 3.75. The number of hydrogen-bond donors (Lipinski definition) is 2. The maximum absolute atomic E-state index is 11.1. The van der Waals surface area contributed by atoms with Crippen LogP contribution in [0.2, 0.25) is 0 Å². The van der Waals surface area contributed by atoms with Crippen LogP contribution < -0.4 is 14.8 Å². The summed E-state index contributed by atoms with van der Waals surface area (Å²) in [6, 6.07) is 3.24. The molecule has 0 radical (unpaired) electrons. The summed E-state index contributed by atoms with van der Waals surface area (Å²) in [5, 5.41) is 12.2. The van der Waals surface area contributed by atoms with E-state index < -0.39 is 12.0 Å². The van der Waals surface area contributed by atoms with Crippen LogP contribution in [0.1, 0.15) is 19.4 Å². The van der Waals surface area contributed by atoms with Crippen molar-refractivity contribution in [2.45, 2.75) is 26.4 Å². The molecule has 0 bridgehead atoms. The molecule has 0 saturated heterocycles. The monoisotopic (exact) mass is 393 g/mol. The van der Waals surface area contributed by atoms with Crippen molar-refractivity contribution in [3.05, 3.63) is 21.3 Å². The van der Waals surface area contributed by atoms with Crippen LogP contribution in [0.25, 0.3) is 0 Å². The second-order valence-corrected chi connectivity index (χ2v) is 5.92. The number of carboxylic acids is 1. The molecule has 6 heteroatoms. The number of methoxy groups -OCH3 is 2. The number of carbonyl (C=O) groups is 1. The predicted octanol–water partition coefficient (Wildman–Crippen LogP) is 2.51. The van der Waals surface area contributed by atoms with E-state index in [0.29, 0.717) is 18.0 Å². The van der Waals surface area contributed by atoms with Crippen LogP contribution >= 0.6 is 22.6 Å². The minimum Gasteiger partial charge on any atom is -0.493 e. The predicted molar refractivity (Wildman–Crippen MR) is 85.4 cm³/mol. The summed E-state index contributed by atoms with van der Waals surface area (Å²) in [7, 11) is 3.18. The smallest absolute Gasteiger partial charge is 0.320 e. The lowest BCUT2D eigenvalue weighted by atomic mass is 10.0. The molecule has 1 rings (SSSR count). The molecule has 0 saturated carbocycles. The van der Waals surface area contributed by atoms with Gasteiger partial charge in [-0.05, 0) is 46.2 Å². The molecule has 0 amide bonds. The van der Waals surface area contributed by atoms with Gasteiger partial charge in [0.1, 0.15) is 6.04 Å². The van der Waals surface area contributed by atoms with Crippen LogP contribution in [0.5, 0.6) is 11.5 Å². The highest BCUT2D eigenvalue weighted by molar-refractivity contribution is 14.1. The molecule has 5 nitrogen and oxygen atoms in total. The average molecular weight is 393 g/mol. The molecule has 0 aliphatic carbocycles. The van der Waals surface area contributed by atoms with E-state index in [4.69, 9.17) is 14.6 Å². The Morgan fingerprint density at radius 3 is 2.45 bits per heavy atom. The van der Waals surface area contributed by atoms with E-state index in [-0.39, 0.29) is 5.92 Å². The summed E-state index contributed by atoms with van der Waals surface area (Å²) in [6.07, 6.45) is 0. The Bertz CT molecular complexity index is 476. The van der Waals surface area contributed by atoms with Crippen molar-refractivity contribution in [2.75, 3.05) is 14.2 Å². The minimum atomic E-state index is -0.838. The quantitative estimate of drug-likeness (QED) is 0.697. The number of nitrogens with one attached hydrogen (secondary N) is 1. The average Bonchev–Trinajstić information content (AvgIpc) is 2.37. The van der Waals surface area contributed by atoms with Gasteiger partial charge < -0.3 is 19.9 Å². The molecule has 0 heterocycles. The first-order valence-electron chi connectivity index (χ1n) is 6.27. The fraction of sp³-hybridized carbons (Fsp3) is 0.500. The second kappa shape index (κ2) is 7.68. The molecule has 1 aromatic rings. The van der Waals surface area contributed by atoms with Gasteiger partial charge in [0, 0.05) is 6.54 Å². The zero-order valence-corrected chi connectivity index (χ0v) is 14.2. The first-order chi connectivity index (χ1) is 9.40. The zero-order valence-electron chi connectivity index (χ0n) is 12.1. The van der Waals surface area contributed by atoms with E-state index >= 15 is 0 Å². The molecule has 0 spiro atoms. The molecule has 20 heavy (non-hydrogen) atoms. The van der Waals surface area contributed by atoms with Gasteiger partial charge in [-0.1, -0.05) is 13.8 Å². The second-order valence-electron chi connectivity index (χ2n) is 4.75.